The molecule has 0 saturated heterocycles. The largest absolute Gasteiger partial charge is 0.0885 e. The minimum absolute atomic E-state index is 0.382. The van der Waals surface area contributed by atoms with Crippen molar-refractivity contribution in [1.82, 2.24) is 0 Å². The molecule has 19 heavy (non-hydrogen) atoms. The van der Waals surface area contributed by atoms with Gasteiger partial charge in [-0.15, -0.1) is 0 Å². The molecule has 0 bridgehead atoms. The van der Waals surface area contributed by atoms with Crippen LogP contribution in [0.2, 0.25) is 0 Å². The van der Waals surface area contributed by atoms with E-state index in [0.717, 1.165) is 5.92 Å². The van der Waals surface area contributed by atoms with Crippen LogP contribution in [-0.2, 0) is 11.8 Å². The second-order valence-corrected chi connectivity index (χ2v) is 8.60. The molecule has 1 saturated carbocycles. The number of fused-ring (bicyclic) bond motifs is 3. The summed E-state index contributed by atoms with van der Waals surface area (Å²) in [6, 6.07) is 7.12. The van der Waals surface area contributed by atoms with Gasteiger partial charge in [0.15, 0.2) is 0 Å². The summed E-state index contributed by atoms with van der Waals surface area (Å²) in [4.78, 5) is 0.671. The quantitative estimate of drug-likeness (QED) is 0.561. The number of rotatable bonds is 0. The second kappa shape index (κ2) is 4.35. The van der Waals surface area contributed by atoms with E-state index < -0.39 is 0 Å². The highest BCUT2D eigenvalue weighted by Crippen LogP contribution is 2.58. The van der Waals surface area contributed by atoms with Crippen LogP contribution in [0.3, 0.4) is 0 Å². The molecule has 0 aliphatic heterocycles. The van der Waals surface area contributed by atoms with Crippen LogP contribution in [0.1, 0.15) is 56.7 Å². The minimum atomic E-state index is 0.382. The maximum absolute atomic E-state index is 3.95. The van der Waals surface area contributed by atoms with Crippen molar-refractivity contribution in [3.8, 4) is 0 Å². The van der Waals surface area contributed by atoms with Crippen molar-refractivity contribution in [2.75, 3.05) is 0 Å². The highest BCUT2D eigenvalue weighted by atomic mass is 79.9. The lowest BCUT2D eigenvalue weighted by Crippen LogP contribution is -2.52. The van der Waals surface area contributed by atoms with Gasteiger partial charge in [-0.3, -0.25) is 0 Å². The van der Waals surface area contributed by atoms with Gasteiger partial charge in [0.2, 0.25) is 0 Å². The van der Waals surface area contributed by atoms with E-state index in [1.807, 2.05) is 0 Å². The smallest absolute Gasteiger partial charge is 0.0200 e. The zero-order valence-corrected chi connectivity index (χ0v) is 14.2. The van der Waals surface area contributed by atoms with Gasteiger partial charge < -0.3 is 0 Å². The third kappa shape index (κ3) is 1.92. The first-order valence-corrected chi connectivity index (χ1v) is 8.51. The third-order valence-electron chi connectivity index (χ3n) is 5.97. The molecule has 0 N–H and O–H groups in total. The monoisotopic (exact) mass is 320 g/mol. The first kappa shape index (κ1) is 13.7. The van der Waals surface area contributed by atoms with Crippen LogP contribution >= 0.6 is 15.9 Å². The van der Waals surface area contributed by atoms with E-state index in [1.165, 1.54) is 31.2 Å². The van der Waals surface area contributed by atoms with Gasteiger partial charge in [0.1, 0.15) is 0 Å². The van der Waals surface area contributed by atoms with E-state index >= 15 is 0 Å². The molecule has 0 spiro atoms. The van der Waals surface area contributed by atoms with Gasteiger partial charge in [0.25, 0.3) is 0 Å². The molecule has 1 fully saturated rings. The van der Waals surface area contributed by atoms with E-state index in [4.69, 9.17) is 0 Å². The highest BCUT2D eigenvalue weighted by Gasteiger charge is 2.52. The topological polar surface area (TPSA) is 0 Å². The molecule has 104 valence electrons. The molecule has 2 aliphatic carbocycles. The van der Waals surface area contributed by atoms with Gasteiger partial charge in [-0.25, -0.2) is 0 Å². The van der Waals surface area contributed by atoms with Crippen LogP contribution in [0.4, 0.5) is 0 Å². The summed E-state index contributed by atoms with van der Waals surface area (Å²) >= 11 is 3.95. The molecule has 3 rings (SSSR count). The van der Waals surface area contributed by atoms with E-state index in [1.54, 1.807) is 11.1 Å². The Hall–Kier alpha value is -0.300. The molecular formula is C18H25Br. The summed E-state index contributed by atoms with van der Waals surface area (Å²) in [7, 11) is 0. The van der Waals surface area contributed by atoms with E-state index in [-0.39, 0.29) is 0 Å². The molecule has 2 aliphatic rings. The van der Waals surface area contributed by atoms with Crippen LogP contribution in [0.15, 0.2) is 18.2 Å². The average molecular weight is 321 g/mol. The number of halogens is 1. The van der Waals surface area contributed by atoms with Gasteiger partial charge in [0.05, 0.1) is 0 Å². The summed E-state index contributed by atoms with van der Waals surface area (Å²) in [6.45, 7) is 9.69. The van der Waals surface area contributed by atoms with Crippen molar-refractivity contribution in [2.45, 2.75) is 63.6 Å². The molecule has 1 aromatic rings. The Bertz CT molecular complexity index is 502. The second-order valence-electron chi connectivity index (χ2n) is 7.50. The maximum Gasteiger partial charge on any atom is 0.0200 e. The summed E-state index contributed by atoms with van der Waals surface area (Å²) in [5, 5.41) is 0. The normalized spacial score (nSPS) is 36.5. The van der Waals surface area contributed by atoms with E-state index in [9.17, 15) is 0 Å². The number of aryl methyl sites for hydroxylation is 2. The van der Waals surface area contributed by atoms with Crippen LogP contribution in [-0.4, -0.2) is 4.83 Å². The van der Waals surface area contributed by atoms with E-state index in [0.29, 0.717) is 15.7 Å². The first-order valence-electron chi connectivity index (χ1n) is 7.60. The molecule has 0 aromatic heterocycles. The summed E-state index contributed by atoms with van der Waals surface area (Å²) < 4.78 is 0. The van der Waals surface area contributed by atoms with Crippen LogP contribution in [0.5, 0.6) is 0 Å². The van der Waals surface area contributed by atoms with Gasteiger partial charge in [0, 0.05) is 4.83 Å². The van der Waals surface area contributed by atoms with Crippen LogP contribution < -0.4 is 0 Å². The molecule has 0 radical (unpaired) electrons. The lowest BCUT2D eigenvalue weighted by Gasteiger charge is -2.56. The Kier molecular flexibility index (Phi) is 3.13. The fourth-order valence-electron chi connectivity index (χ4n) is 4.76. The fraction of sp³-hybridized carbons (Fsp3) is 0.667. The number of hydrogen-bond donors (Lipinski definition) is 0. The van der Waals surface area contributed by atoms with Gasteiger partial charge in [-0.2, -0.15) is 0 Å². The lowest BCUT2D eigenvalue weighted by atomic mass is 9.50. The minimum Gasteiger partial charge on any atom is -0.0885 e. The number of benzene rings is 1. The SMILES string of the molecule is Cc1ccc2c(c1)[C@@]1(C)CC[C@H](Br)C(C)(C)[C@@H]1CC2. The van der Waals surface area contributed by atoms with Crippen molar-refractivity contribution in [3.63, 3.8) is 0 Å². The molecule has 0 amide bonds. The summed E-state index contributed by atoms with van der Waals surface area (Å²) in [5.74, 6) is 0.799. The van der Waals surface area contributed by atoms with Gasteiger partial charge in [-0.1, -0.05) is 60.5 Å². The Morgan fingerprint density at radius 2 is 1.89 bits per heavy atom. The first-order chi connectivity index (χ1) is 8.85. The molecule has 0 nitrogen and oxygen atoms in total. The molecule has 1 heteroatoms. The fourth-order valence-corrected chi connectivity index (χ4v) is 5.31. The lowest BCUT2D eigenvalue weighted by molar-refractivity contribution is 0.0492. The predicted molar refractivity (Wildman–Crippen MR) is 86.1 cm³/mol. The molecular weight excluding hydrogens is 296 g/mol. The van der Waals surface area contributed by atoms with Crippen molar-refractivity contribution < 1.29 is 0 Å². The Morgan fingerprint density at radius 3 is 2.63 bits per heavy atom. The van der Waals surface area contributed by atoms with Crippen molar-refractivity contribution >= 4 is 15.9 Å². The van der Waals surface area contributed by atoms with Gasteiger partial charge >= 0.3 is 0 Å². The van der Waals surface area contributed by atoms with Crippen LogP contribution in [0.25, 0.3) is 0 Å². The van der Waals surface area contributed by atoms with Crippen LogP contribution in [0, 0.1) is 18.3 Å². The Labute approximate surface area is 126 Å². The zero-order valence-electron chi connectivity index (χ0n) is 12.6. The Morgan fingerprint density at radius 1 is 1.16 bits per heavy atom. The number of hydrogen-bond acceptors (Lipinski definition) is 0. The van der Waals surface area contributed by atoms with Crippen molar-refractivity contribution in [3.05, 3.63) is 34.9 Å². The summed E-state index contributed by atoms with van der Waals surface area (Å²) in [6.07, 6.45) is 5.24. The molecule has 0 unspecified atom stereocenters. The zero-order chi connectivity index (χ0) is 13.8. The maximum atomic E-state index is 3.95. The predicted octanol–water partition coefficient (Wildman–Crippen LogP) is 5.40. The Balaban J connectivity index is 2.12. The van der Waals surface area contributed by atoms with E-state index in [2.05, 4.69) is 61.8 Å². The van der Waals surface area contributed by atoms with Gasteiger partial charge in [-0.05, 0) is 60.5 Å². The highest BCUT2D eigenvalue weighted by molar-refractivity contribution is 9.09. The van der Waals surface area contributed by atoms with Crippen molar-refractivity contribution in [1.29, 1.82) is 0 Å². The van der Waals surface area contributed by atoms with Crippen molar-refractivity contribution in [2.24, 2.45) is 11.3 Å². The molecule has 0 heterocycles. The molecule has 3 atom stereocenters. The standard InChI is InChI=1S/C18H25Br/c1-12-5-6-13-7-8-15-17(2,3)16(19)9-10-18(15,4)14(13)11-12/h5-6,11,15-16H,7-10H2,1-4H3/t15-,16-,18+/m0/s1. The number of alkyl halides is 1. The third-order valence-corrected chi connectivity index (χ3v) is 7.61. The molecule has 1 aromatic carbocycles. The average Bonchev–Trinajstić information content (AvgIpc) is 2.35. The summed E-state index contributed by atoms with van der Waals surface area (Å²) in [5.41, 5.74) is 5.45.